The van der Waals surface area contributed by atoms with Gasteiger partial charge in [-0.3, -0.25) is 9.59 Å². The Bertz CT molecular complexity index is 231. The first-order valence-electron chi connectivity index (χ1n) is 7.04. The molecule has 0 aliphatic heterocycles. The fraction of sp³-hybridized carbons (Fsp3) is 0.857. The molecule has 19 heavy (non-hydrogen) atoms. The molecule has 0 saturated heterocycles. The number of carboxylic acids is 1. The number of ether oxygens (including phenoxy) is 1. The van der Waals surface area contributed by atoms with E-state index in [0.717, 1.165) is 12.8 Å². The van der Waals surface area contributed by atoms with Crippen LogP contribution in [0.4, 0.5) is 0 Å². The van der Waals surface area contributed by atoms with Gasteiger partial charge in [0.1, 0.15) is 6.42 Å². The van der Waals surface area contributed by atoms with Crippen molar-refractivity contribution in [2.45, 2.75) is 71.1 Å². The van der Waals surface area contributed by atoms with Crippen molar-refractivity contribution in [1.29, 1.82) is 0 Å². The van der Waals surface area contributed by atoms with Crippen molar-refractivity contribution in [1.82, 2.24) is 0 Å². The standard InChI is InChI=1S/C14H26O4.K.H/c1-2-3-4-5-6-7-8-9-10-11-18-14(17)12-13(15)16;;/h2-12H2,1H3,(H,15,16);;. The SMILES string of the molecule is CCCCCCCCCCCOC(=O)CC(=O)O.[KH]. The first kappa shape index (κ1) is 21.9. The predicted molar refractivity (Wildman–Crippen MR) is 77.6 cm³/mol. The van der Waals surface area contributed by atoms with Gasteiger partial charge in [-0.05, 0) is 6.42 Å². The van der Waals surface area contributed by atoms with E-state index in [4.69, 9.17) is 9.84 Å². The maximum absolute atomic E-state index is 10.9. The van der Waals surface area contributed by atoms with Crippen molar-refractivity contribution in [2.24, 2.45) is 0 Å². The van der Waals surface area contributed by atoms with Crippen LogP contribution in [0.1, 0.15) is 71.1 Å². The van der Waals surface area contributed by atoms with Crippen LogP contribution in [0.3, 0.4) is 0 Å². The van der Waals surface area contributed by atoms with E-state index in [0.29, 0.717) is 6.61 Å². The second-order valence-corrected chi connectivity index (χ2v) is 4.62. The molecule has 4 nitrogen and oxygen atoms in total. The second kappa shape index (κ2) is 16.6. The van der Waals surface area contributed by atoms with Crippen LogP contribution < -0.4 is 0 Å². The van der Waals surface area contributed by atoms with Crippen molar-refractivity contribution in [3.8, 4) is 0 Å². The van der Waals surface area contributed by atoms with E-state index < -0.39 is 18.4 Å². The molecule has 0 aromatic rings. The summed E-state index contributed by atoms with van der Waals surface area (Å²) in [5, 5.41) is 8.34. The summed E-state index contributed by atoms with van der Waals surface area (Å²) >= 11 is 0. The summed E-state index contributed by atoms with van der Waals surface area (Å²) < 4.78 is 4.79. The summed E-state index contributed by atoms with van der Waals surface area (Å²) in [6, 6.07) is 0. The van der Waals surface area contributed by atoms with Crippen molar-refractivity contribution < 1.29 is 19.4 Å². The van der Waals surface area contributed by atoms with Gasteiger partial charge in [0.05, 0.1) is 6.61 Å². The number of aliphatic carboxylic acids is 1. The summed E-state index contributed by atoms with van der Waals surface area (Å²) in [6.07, 6.45) is 10.3. The van der Waals surface area contributed by atoms with Crippen LogP contribution in [-0.4, -0.2) is 75.0 Å². The third-order valence-electron chi connectivity index (χ3n) is 2.81. The summed E-state index contributed by atoms with van der Waals surface area (Å²) in [5.41, 5.74) is 0. The van der Waals surface area contributed by atoms with E-state index in [1.54, 1.807) is 0 Å². The van der Waals surface area contributed by atoms with E-state index in [9.17, 15) is 9.59 Å². The molecule has 0 aromatic carbocycles. The summed E-state index contributed by atoms with van der Waals surface area (Å²) in [6.45, 7) is 2.56. The van der Waals surface area contributed by atoms with Crippen LogP contribution in [0.25, 0.3) is 0 Å². The van der Waals surface area contributed by atoms with E-state index in [2.05, 4.69) is 6.92 Å². The summed E-state index contributed by atoms with van der Waals surface area (Å²) in [5.74, 6) is -1.77. The van der Waals surface area contributed by atoms with Crippen LogP contribution in [0.2, 0.25) is 0 Å². The van der Waals surface area contributed by atoms with Crippen molar-refractivity contribution in [3.63, 3.8) is 0 Å². The molecule has 0 bridgehead atoms. The maximum atomic E-state index is 10.9. The zero-order chi connectivity index (χ0) is 13.6. The van der Waals surface area contributed by atoms with Crippen LogP contribution in [0.5, 0.6) is 0 Å². The normalized spacial score (nSPS) is 9.74. The molecule has 108 valence electrons. The van der Waals surface area contributed by atoms with Crippen LogP contribution >= 0.6 is 0 Å². The topological polar surface area (TPSA) is 63.6 Å². The zero-order valence-electron chi connectivity index (χ0n) is 11.5. The van der Waals surface area contributed by atoms with Crippen molar-refractivity contribution >= 4 is 63.3 Å². The van der Waals surface area contributed by atoms with Gasteiger partial charge in [0, 0.05) is 0 Å². The Labute approximate surface area is 159 Å². The molecule has 0 atom stereocenters. The molecule has 0 fully saturated rings. The molecule has 0 aromatic heterocycles. The Morgan fingerprint density at radius 1 is 0.895 bits per heavy atom. The molecule has 0 amide bonds. The van der Waals surface area contributed by atoms with Gasteiger partial charge >= 0.3 is 63.3 Å². The van der Waals surface area contributed by atoms with Gasteiger partial charge in [-0.1, -0.05) is 58.3 Å². The van der Waals surface area contributed by atoms with E-state index in [1.165, 1.54) is 44.9 Å². The predicted octanol–water partition coefficient (Wildman–Crippen LogP) is 2.89. The molecule has 0 aliphatic carbocycles. The van der Waals surface area contributed by atoms with Crippen LogP contribution in [-0.2, 0) is 14.3 Å². The number of rotatable bonds is 12. The second-order valence-electron chi connectivity index (χ2n) is 4.62. The molecule has 0 heterocycles. The molecule has 0 saturated carbocycles. The quantitative estimate of drug-likeness (QED) is 0.260. The van der Waals surface area contributed by atoms with E-state index in [1.807, 2.05) is 0 Å². The molecular formula is C14H27KO4. The number of carboxylic acid groups (broad SMARTS) is 1. The number of esters is 1. The molecular weight excluding hydrogens is 271 g/mol. The number of hydrogen-bond donors (Lipinski definition) is 1. The van der Waals surface area contributed by atoms with Gasteiger partial charge in [0.2, 0.25) is 0 Å². The number of unbranched alkanes of at least 4 members (excludes halogenated alkanes) is 8. The molecule has 0 radical (unpaired) electrons. The minimum atomic E-state index is -1.13. The number of carbonyl (C=O) groups excluding carboxylic acids is 1. The van der Waals surface area contributed by atoms with Gasteiger partial charge in [-0.2, -0.15) is 0 Å². The van der Waals surface area contributed by atoms with Crippen molar-refractivity contribution in [3.05, 3.63) is 0 Å². The van der Waals surface area contributed by atoms with Gasteiger partial charge < -0.3 is 9.84 Å². The molecule has 0 aliphatic rings. The zero-order valence-corrected chi connectivity index (χ0v) is 11.5. The first-order chi connectivity index (χ1) is 8.66. The Kier molecular flexibility index (Phi) is 19.1. The molecule has 0 unspecified atom stereocenters. The Morgan fingerprint density at radius 2 is 1.37 bits per heavy atom. The molecule has 1 N–H and O–H groups in total. The molecule has 0 rings (SSSR count). The molecule has 0 spiro atoms. The van der Waals surface area contributed by atoms with Gasteiger partial charge in [-0.25, -0.2) is 0 Å². The Hall–Kier alpha value is 0.576. The van der Waals surface area contributed by atoms with E-state index in [-0.39, 0.29) is 51.4 Å². The summed E-state index contributed by atoms with van der Waals surface area (Å²) in [7, 11) is 0. The van der Waals surface area contributed by atoms with Crippen molar-refractivity contribution in [2.75, 3.05) is 6.61 Å². The first-order valence-corrected chi connectivity index (χ1v) is 7.04. The fourth-order valence-electron chi connectivity index (χ4n) is 1.77. The molecule has 5 heteroatoms. The van der Waals surface area contributed by atoms with Crippen LogP contribution in [0, 0.1) is 0 Å². The minimum absolute atomic E-state index is 0. The average molecular weight is 298 g/mol. The third kappa shape index (κ3) is 18.6. The fourth-order valence-corrected chi connectivity index (χ4v) is 1.77. The summed E-state index contributed by atoms with van der Waals surface area (Å²) in [4.78, 5) is 21.1. The third-order valence-corrected chi connectivity index (χ3v) is 2.81. The monoisotopic (exact) mass is 298 g/mol. The number of hydrogen-bond acceptors (Lipinski definition) is 3. The number of carbonyl (C=O) groups is 2. The van der Waals surface area contributed by atoms with Crippen LogP contribution in [0.15, 0.2) is 0 Å². The van der Waals surface area contributed by atoms with E-state index >= 15 is 0 Å². The van der Waals surface area contributed by atoms with Gasteiger partial charge in [-0.15, -0.1) is 0 Å². The Balaban J connectivity index is 0. The average Bonchev–Trinajstić information content (AvgIpc) is 2.30. The van der Waals surface area contributed by atoms with Gasteiger partial charge in [0.25, 0.3) is 0 Å². The Morgan fingerprint density at radius 3 is 1.84 bits per heavy atom. The van der Waals surface area contributed by atoms with Gasteiger partial charge in [0.15, 0.2) is 0 Å².